The SMILES string of the molecule is Cc1cc([N+](=O)[O-])cc(CO)n1. The summed E-state index contributed by atoms with van der Waals surface area (Å²) < 4.78 is 0. The molecule has 0 aliphatic heterocycles. The molecule has 0 amide bonds. The fraction of sp³-hybridized carbons (Fsp3) is 0.286. The van der Waals surface area contributed by atoms with E-state index in [1.54, 1.807) is 6.92 Å². The van der Waals surface area contributed by atoms with Crippen LogP contribution >= 0.6 is 0 Å². The van der Waals surface area contributed by atoms with Crippen LogP contribution in [0.25, 0.3) is 0 Å². The number of pyridine rings is 1. The van der Waals surface area contributed by atoms with Gasteiger partial charge in [0.1, 0.15) is 0 Å². The molecule has 0 unspecified atom stereocenters. The van der Waals surface area contributed by atoms with E-state index in [2.05, 4.69) is 4.98 Å². The van der Waals surface area contributed by atoms with E-state index in [0.29, 0.717) is 11.4 Å². The van der Waals surface area contributed by atoms with Crippen molar-refractivity contribution in [2.45, 2.75) is 13.5 Å². The number of aliphatic hydroxyl groups excluding tert-OH is 1. The van der Waals surface area contributed by atoms with Gasteiger partial charge in [0, 0.05) is 17.8 Å². The highest BCUT2D eigenvalue weighted by molar-refractivity contribution is 5.32. The lowest BCUT2D eigenvalue weighted by atomic mass is 10.3. The molecule has 0 saturated carbocycles. The predicted molar refractivity (Wildman–Crippen MR) is 41.6 cm³/mol. The third kappa shape index (κ3) is 1.76. The second-order valence-corrected chi connectivity index (χ2v) is 2.37. The summed E-state index contributed by atoms with van der Waals surface area (Å²) in [5, 5.41) is 19.0. The number of aliphatic hydroxyl groups is 1. The van der Waals surface area contributed by atoms with Crippen molar-refractivity contribution >= 4 is 5.69 Å². The maximum atomic E-state index is 10.3. The molecule has 1 rings (SSSR count). The third-order valence-electron chi connectivity index (χ3n) is 1.36. The van der Waals surface area contributed by atoms with E-state index in [0.717, 1.165) is 0 Å². The number of nitrogens with zero attached hydrogens (tertiary/aromatic N) is 2. The molecule has 5 nitrogen and oxygen atoms in total. The van der Waals surface area contributed by atoms with Gasteiger partial charge in [-0.2, -0.15) is 0 Å². The van der Waals surface area contributed by atoms with Crippen LogP contribution in [0.3, 0.4) is 0 Å². The van der Waals surface area contributed by atoms with E-state index in [-0.39, 0.29) is 12.3 Å². The van der Waals surface area contributed by atoms with Crippen molar-refractivity contribution in [3.05, 3.63) is 33.6 Å². The Bertz CT molecular complexity index is 312. The average Bonchev–Trinajstić information content (AvgIpc) is 2.03. The van der Waals surface area contributed by atoms with Gasteiger partial charge < -0.3 is 5.11 Å². The summed E-state index contributed by atoms with van der Waals surface area (Å²) in [4.78, 5) is 13.7. The van der Waals surface area contributed by atoms with Crippen molar-refractivity contribution in [1.29, 1.82) is 0 Å². The highest BCUT2D eigenvalue weighted by atomic mass is 16.6. The molecule has 0 bridgehead atoms. The second kappa shape index (κ2) is 3.27. The fourth-order valence-electron chi connectivity index (χ4n) is 0.904. The molecule has 0 saturated heterocycles. The minimum Gasteiger partial charge on any atom is -0.390 e. The van der Waals surface area contributed by atoms with Crippen molar-refractivity contribution in [2.75, 3.05) is 0 Å². The van der Waals surface area contributed by atoms with Gasteiger partial charge in [-0.25, -0.2) is 0 Å². The summed E-state index contributed by atoms with van der Waals surface area (Å²) in [7, 11) is 0. The van der Waals surface area contributed by atoms with Gasteiger partial charge >= 0.3 is 0 Å². The first-order valence-electron chi connectivity index (χ1n) is 3.36. The monoisotopic (exact) mass is 168 g/mol. The van der Waals surface area contributed by atoms with Crippen LogP contribution < -0.4 is 0 Å². The van der Waals surface area contributed by atoms with Crippen LogP contribution in [0.5, 0.6) is 0 Å². The Labute approximate surface area is 68.8 Å². The van der Waals surface area contributed by atoms with Crippen molar-refractivity contribution < 1.29 is 10.0 Å². The molecule has 0 fully saturated rings. The summed E-state index contributed by atoms with van der Waals surface area (Å²) in [6.45, 7) is 1.37. The molecular weight excluding hydrogens is 160 g/mol. The zero-order valence-corrected chi connectivity index (χ0v) is 6.52. The lowest BCUT2D eigenvalue weighted by molar-refractivity contribution is -0.385. The first kappa shape index (κ1) is 8.61. The maximum Gasteiger partial charge on any atom is 0.273 e. The van der Waals surface area contributed by atoms with Gasteiger partial charge in [0.05, 0.1) is 17.2 Å². The summed E-state index contributed by atoms with van der Waals surface area (Å²) in [5.41, 5.74) is 0.821. The van der Waals surface area contributed by atoms with Crippen LogP contribution in [0.15, 0.2) is 12.1 Å². The van der Waals surface area contributed by atoms with Gasteiger partial charge in [-0.3, -0.25) is 15.1 Å². The molecule has 1 aromatic rings. The minimum atomic E-state index is -0.506. The highest BCUT2D eigenvalue weighted by Crippen LogP contribution is 2.13. The smallest absolute Gasteiger partial charge is 0.273 e. The molecule has 64 valence electrons. The Kier molecular flexibility index (Phi) is 2.35. The molecular formula is C7H8N2O3. The molecule has 5 heteroatoms. The van der Waals surface area contributed by atoms with Crippen LogP contribution in [0.1, 0.15) is 11.4 Å². The number of nitro groups is 1. The third-order valence-corrected chi connectivity index (χ3v) is 1.36. The first-order chi connectivity index (χ1) is 5.63. The van der Waals surface area contributed by atoms with Gasteiger partial charge in [-0.15, -0.1) is 0 Å². The quantitative estimate of drug-likeness (QED) is 0.523. The fourth-order valence-corrected chi connectivity index (χ4v) is 0.904. The van der Waals surface area contributed by atoms with E-state index in [9.17, 15) is 10.1 Å². The highest BCUT2D eigenvalue weighted by Gasteiger charge is 2.07. The Hall–Kier alpha value is -1.49. The Balaban J connectivity index is 3.15. The normalized spacial score (nSPS) is 9.83. The number of rotatable bonds is 2. The number of hydrogen-bond donors (Lipinski definition) is 1. The van der Waals surface area contributed by atoms with E-state index in [1.807, 2.05) is 0 Å². The lowest BCUT2D eigenvalue weighted by Crippen LogP contribution is -1.96. The van der Waals surface area contributed by atoms with Crippen LogP contribution in [0.2, 0.25) is 0 Å². The molecule has 1 aromatic heterocycles. The van der Waals surface area contributed by atoms with Crippen LogP contribution in [0.4, 0.5) is 5.69 Å². The van der Waals surface area contributed by atoms with Gasteiger partial charge in [-0.05, 0) is 6.92 Å². The Morgan fingerprint density at radius 2 is 2.33 bits per heavy atom. The number of aromatic nitrogens is 1. The summed E-state index contributed by atoms with van der Waals surface area (Å²) in [5.74, 6) is 0. The molecule has 0 aromatic carbocycles. The van der Waals surface area contributed by atoms with E-state index >= 15 is 0 Å². The summed E-state index contributed by atoms with van der Waals surface area (Å²) >= 11 is 0. The van der Waals surface area contributed by atoms with Crippen molar-refractivity contribution in [3.8, 4) is 0 Å². The topological polar surface area (TPSA) is 76.3 Å². The van der Waals surface area contributed by atoms with Gasteiger partial charge in [0.2, 0.25) is 0 Å². The van der Waals surface area contributed by atoms with Crippen molar-refractivity contribution in [3.63, 3.8) is 0 Å². The van der Waals surface area contributed by atoms with E-state index in [1.165, 1.54) is 12.1 Å². The van der Waals surface area contributed by atoms with E-state index in [4.69, 9.17) is 5.11 Å². The number of aryl methyl sites for hydroxylation is 1. The number of hydrogen-bond acceptors (Lipinski definition) is 4. The Morgan fingerprint density at radius 1 is 1.67 bits per heavy atom. The second-order valence-electron chi connectivity index (χ2n) is 2.37. The van der Waals surface area contributed by atoms with E-state index < -0.39 is 4.92 Å². The minimum absolute atomic E-state index is 0.0356. The first-order valence-corrected chi connectivity index (χ1v) is 3.36. The molecule has 12 heavy (non-hydrogen) atoms. The molecule has 0 spiro atoms. The predicted octanol–water partition coefficient (Wildman–Crippen LogP) is 0.791. The molecule has 0 radical (unpaired) electrons. The van der Waals surface area contributed by atoms with Crippen LogP contribution in [0, 0.1) is 17.0 Å². The van der Waals surface area contributed by atoms with Gasteiger partial charge in [0.25, 0.3) is 5.69 Å². The van der Waals surface area contributed by atoms with Crippen LogP contribution in [-0.2, 0) is 6.61 Å². The Morgan fingerprint density at radius 3 is 2.83 bits per heavy atom. The molecule has 0 atom stereocenters. The lowest BCUT2D eigenvalue weighted by Gasteiger charge is -1.97. The van der Waals surface area contributed by atoms with Crippen molar-refractivity contribution in [2.24, 2.45) is 0 Å². The summed E-state index contributed by atoms with van der Waals surface area (Å²) in [6, 6.07) is 2.62. The average molecular weight is 168 g/mol. The van der Waals surface area contributed by atoms with Gasteiger partial charge in [-0.1, -0.05) is 0 Å². The molecule has 0 aliphatic carbocycles. The maximum absolute atomic E-state index is 10.3. The largest absolute Gasteiger partial charge is 0.390 e. The molecule has 1 heterocycles. The molecule has 1 N–H and O–H groups in total. The summed E-state index contributed by atoms with van der Waals surface area (Å²) in [6.07, 6.45) is 0. The molecule has 0 aliphatic rings. The van der Waals surface area contributed by atoms with Crippen LogP contribution in [-0.4, -0.2) is 15.0 Å². The van der Waals surface area contributed by atoms with Crippen molar-refractivity contribution in [1.82, 2.24) is 4.98 Å². The zero-order valence-electron chi connectivity index (χ0n) is 6.52. The standard InChI is InChI=1S/C7H8N2O3/c1-5-2-7(9(11)12)3-6(4-10)8-5/h2-3,10H,4H2,1H3. The van der Waals surface area contributed by atoms with Gasteiger partial charge in [0.15, 0.2) is 0 Å². The zero-order chi connectivity index (χ0) is 9.14.